The van der Waals surface area contributed by atoms with Crippen LogP contribution in [0.4, 0.5) is 0 Å². The largest absolute Gasteiger partial charge is 0.492 e. The smallest absolute Gasteiger partial charge is 0.138 e. The van der Waals surface area contributed by atoms with Crippen molar-refractivity contribution in [2.75, 3.05) is 26.7 Å². The Labute approximate surface area is 145 Å². The maximum atomic E-state index is 5.73. The minimum Gasteiger partial charge on any atom is -0.492 e. The Balaban J connectivity index is 2.48. The van der Waals surface area contributed by atoms with Gasteiger partial charge >= 0.3 is 0 Å². The monoisotopic (exact) mass is 420 g/mol. The highest BCUT2D eigenvalue weighted by molar-refractivity contribution is 9.11. The summed E-state index contributed by atoms with van der Waals surface area (Å²) in [7, 11) is 2.17. The van der Waals surface area contributed by atoms with Crippen molar-refractivity contribution < 1.29 is 4.74 Å². The summed E-state index contributed by atoms with van der Waals surface area (Å²) in [5.41, 5.74) is 1.18. The van der Waals surface area contributed by atoms with E-state index in [4.69, 9.17) is 4.74 Å². The van der Waals surface area contributed by atoms with E-state index >= 15 is 0 Å². The first kappa shape index (κ1) is 18.9. The molecule has 0 radical (unpaired) electrons. The number of halogens is 2. The van der Waals surface area contributed by atoms with Crippen LogP contribution in [-0.4, -0.2) is 37.7 Å². The van der Waals surface area contributed by atoms with Crippen LogP contribution in [0.3, 0.4) is 0 Å². The first-order valence-electron chi connectivity index (χ1n) is 7.47. The van der Waals surface area contributed by atoms with Crippen molar-refractivity contribution in [1.82, 2.24) is 10.2 Å². The van der Waals surface area contributed by atoms with E-state index in [0.717, 1.165) is 40.8 Å². The molecule has 3 nitrogen and oxygen atoms in total. The summed E-state index contributed by atoms with van der Waals surface area (Å²) in [6.07, 6.45) is 1.15. The molecular weight excluding hydrogens is 396 g/mol. The average molecular weight is 422 g/mol. The second-order valence-electron chi connectivity index (χ2n) is 5.41. The second kappa shape index (κ2) is 9.82. The highest BCUT2D eigenvalue weighted by Crippen LogP contribution is 2.32. The van der Waals surface area contributed by atoms with Gasteiger partial charge in [-0.3, -0.25) is 0 Å². The molecule has 1 aromatic rings. The van der Waals surface area contributed by atoms with Gasteiger partial charge in [-0.25, -0.2) is 0 Å². The van der Waals surface area contributed by atoms with E-state index < -0.39 is 0 Å². The molecule has 0 aliphatic heterocycles. The maximum absolute atomic E-state index is 5.73. The zero-order valence-electron chi connectivity index (χ0n) is 13.4. The van der Waals surface area contributed by atoms with E-state index in [1.54, 1.807) is 0 Å². The number of hydrogen-bond donors (Lipinski definition) is 1. The summed E-state index contributed by atoms with van der Waals surface area (Å²) in [5, 5.41) is 3.50. The Morgan fingerprint density at radius 2 is 2.00 bits per heavy atom. The number of hydrogen-bond acceptors (Lipinski definition) is 3. The lowest BCUT2D eigenvalue weighted by molar-refractivity contribution is 0.269. The first-order valence-corrected chi connectivity index (χ1v) is 9.06. The van der Waals surface area contributed by atoms with Crippen LogP contribution in [-0.2, 0) is 6.54 Å². The minimum absolute atomic E-state index is 0.607. The van der Waals surface area contributed by atoms with E-state index in [-0.39, 0.29) is 0 Å². The molecule has 0 fully saturated rings. The van der Waals surface area contributed by atoms with Crippen LogP contribution in [0.2, 0.25) is 0 Å². The molecule has 5 heteroatoms. The summed E-state index contributed by atoms with van der Waals surface area (Å²) >= 11 is 7.10. The normalized spacial score (nSPS) is 11.4. The molecule has 0 saturated heterocycles. The van der Waals surface area contributed by atoms with E-state index in [0.29, 0.717) is 12.6 Å². The number of nitrogens with zero attached hydrogens (tertiary/aromatic N) is 1. The van der Waals surface area contributed by atoms with Crippen LogP contribution >= 0.6 is 31.9 Å². The zero-order chi connectivity index (χ0) is 15.8. The molecule has 0 bridgehead atoms. The molecule has 0 heterocycles. The Morgan fingerprint density at radius 3 is 2.62 bits per heavy atom. The molecule has 0 atom stereocenters. The van der Waals surface area contributed by atoms with E-state index in [1.165, 1.54) is 5.56 Å². The van der Waals surface area contributed by atoms with E-state index in [2.05, 4.69) is 69.0 Å². The summed E-state index contributed by atoms with van der Waals surface area (Å²) in [6.45, 7) is 10.1. The van der Waals surface area contributed by atoms with Crippen LogP contribution < -0.4 is 10.1 Å². The van der Waals surface area contributed by atoms with Crippen molar-refractivity contribution in [2.45, 2.75) is 39.8 Å². The molecular formula is C16H26Br2N2O. The fraction of sp³-hybridized carbons (Fsp3) is 0.625. The molecule has 21 heavy (non-hydrogen) atoms. The molecule has 1 rings (SSSR count). The third-order valence-corrected chi connectivity index (χ3v) is 4.48. The molecule has 0 spiro atoms. The van der Waals surface area contributed by atoms with Gasteiger partial charge in [0.15, 0.2) is 0 Å². The van der Waals surface area contributed by atoms with Gasteiger partial charge in [-0.05, 0) is 75.4 Å². The average Bonchev–Trinajstić information content (AvgIpc) is 2.41. The summed E-state index contributed by atoms with van der Waals surface area (Å²) in [6, 6.07) is 4.74. The van der Waals surface area contributed by atoms with Crippen molar-refractivity contribution in [1.29, 1.82) is 0 Å². The molecule has 0 aromatic heterocycles. The molecule has 0 saturated carbocycles. The third-order valence-electron chi connectivity index (χ3n) is 3.44. The highest BCUT2D eigenvalue weighted by atomic mass is 79.9. The van der Waals surface area contributed by atoms with Crippen molar-refractivity contribution in [3.8, 4) is 5.75 Å². The van der Waals surface area contributed by atoms with Crippen LogP contribution in [0.15, 0.2) is 21.1 Å². The van der Waals surface area contributed by atoms with Crippen molar-refractivity contribution >= 4 is 31.9 Å². The fourth-order valence-corrected chi connectivity index (χ4v) is 3.41. The summed E-state index contributed by atoms with van der Waals surface area (Å²) < 4.78 is 7.79. The van der Waals surface area contributed by atoms with Crippen LogP contribution in [0.25, 0.3) is 0 Å². The number of ether oxygens (including phenoxy) is 1. The Bertz CT molecular complexity index is 439. The van der Waals surface area contributed by atoms with Gasteiger partial charge in [0, 0.05) is 22.6 Å². The van der Waals surface area contributed by atoms with Crippen LogP contribution in [0.1, 0.15) is 32.8 Å². The number of rotatable bonds is 9. The summed E-state index contributed by atoms with van der Waals surface area (Å²) in [4.78, 5) is 2.36. The van der Waals surface area contributed by atoms with E-state index in [9.17, 15) is 0 Å². The molecule has 0 unspecified atom stereocenters. The Hall–Kier alpha value is -0.100. The van der Waals surface area contributed by atoms with Gasteiger partial charge < -0.3 is 15.0 Å². The SMILES string of the molecule is CCOc1c(Br)cc(Br)cc1CNCCCN(C)C(C)C. The lowest BCUT2D eigenvalue weighted by atomic mass is 10.2. The van der Waals surface area contributed by atoms with Gasteiger partial charge in [0.25, 0.3) is 0 Å². The van der Waals surface area contributed by atoms with Gasteiger partial charge in [0.2, 0.25) is 0 Å². The van der Waals surface area contributed by atoms with Crippen molar-refractivity contribution in [3.05, 3.63) is 26.6 Å². The number of benzene rings is 1. The number of nitrogens with one attached hydrogen (secondary N) is 1. The first-order chi connectivity index (χ1) is 9.95. The molecule has 0 aliphatic rings. The maximum Gasteiger partial charge on any atom is 0.138 e. The summed E-state index contributed by atoms with van der Waals surface area (Å²) in [5.74, 6) is 0.937. The fourth-order valence-electron chi connectivity index (χ4n) is 1.99. The van der Waals surface area contributed by atoms with Crippen molar-refractivity contribution in [3.63, 3.8) is 0 Å². The highest BCUT2D eigenvalue weighted by Gasteiger charge is 2.09. The molecule has 0 aliphatic carbocycles. The molecule has 1 aromatic carbocycles. The predicted molar refractivity (Wildman–Crippen MR) is 97.1 cm³/mol. The quantitative estimate of drug-likeness (QED) is 0.596. The minimum atomic E-state index is 0.607. The predicted octanol–water partition coefficient (Wildman–Crippen LogP) is 4.43. The lowest BCUT2D eigenvalue weighted by Crippen LogP contribution is -2.29. The molecule has 1 N–H and O–H groups in total. The second-order valence-corrected chi connectivity index (χ2v) is 7.18. The Kier molecular flexibility index (Phi) is 8.86. The third kappa shape index (κ3) is 6.68. The topological polar surface area (TPSA) is 24.5 Å². The van der Waals surface area contributed by atoms with Gasteiger partial charge in [0.05, 0.1) is 11.1 Å². The van der Waals surface area contributed by atoms with Crippen LogP contribution in [0.5, 0.6) is 5.75 Å². The van der Waals surface area contributed by atoms with Gasteiger partial charge in [0.1, 0.15) is 5.75 Å². The lowest BCUT2D eigenvalue weighted by Gasteiger charge is -2.20. The van der Waals surface area contributed by atoms with Gasteiger partial charge in [-0.1, -0.05) is 15.9 Å². The molecule has 0 amide bonds. The molecule has 120 valence electrons. The van der Waals surface area contributed by atoms with Gasteiger partial charge in [-0.15, -0.1) is 0 Å². The van der Waals surface area contributed by atoms with Crippen LogP contribution in [0, 0.1) is 0 Å². The zero-order valence-corrected chi connectivity index (χ0v) is 16.6. The van der Waals surface area contributed by atoms with E-state index in [1.807, 2.05) is 13.0 Å². The van der Waals surface area contributed by atoms with Crippen molar-refractivity contribution in [2.24, 2.45) is 0 Å². The Morgan fingerprint density at radius 1 is 1.29 bits per heavy atom. The van der Waals surface area contributed by atoms with Gasteiger partial charge in [-0.2, -0.15) is 0 Å². The standard InChI is InChI=1S/C16H26Br2N2O/c1-5-21-16-13(9-14(17)10-15(16)18)11-19-7-6-8-20(4)12(2)3/h9-10,12,19H,5-8,11H2,1-4H3.